The Labute approximate surface area is 210 Å². The van der Waals surface area contributed by atoms with Crippen molar-refractivity contribution in [1.29, 1.82) is 0 Å². The number of aliphatic hydroxyl groups is 3. The molecule has 6 rings (SSSR count). The van der Waals surface area contributed by atoms with Gasteiger partial charge in [0.15, 0.2) is 0 Å². The van der Waals surface area contributed by atoms with Crippen LogP contribution in [0.15, 0.2) is 22.4 Å². The van der Waals surface area contributed by atoms with Crippen molar-refractivity contribution >= 4 is 0 Å². The fourth-order valence-corrected chi connectivity index (χ4v) is 10.5. The molecule has 5 heteroatoms. The Morgan fingerprint density at radius 1 is 1.06 bits per heavy atom. The summed E-state index contributed by atoms with van der Waals surface area (Å²) in [6.07, 6.45) is 10.6. The summed E-state index contributed by atoms with van der Waals surface area (Å²) in [6, 6.07) is 0. The minimum Gasteiger partial charge on any atom is -0.396 e. The second kappa shape index (κ2) is 7.02. The lowest BCUT2D eigenvalue weighted by Crippen LogP contribution is -2.75. The Hall–Kier alpha value is -1.17. The third-order valence-corrected chi connectivity index (χ3v) is 12.9. The third-order valence-electron chi connectivity index (χ3n) is 12.9. The molecule has 1 heterocycles. The highest BCUT2D eigenvalue weighted by Crippen LogP contribution is 2.75. The first kappa shape index (κ1) is 24.2. The molecule has 0 saturated heterocycles. The number of hydrogen-bond donors (Lipinski definition) is 3. The van der Waals surface area contributed by atoms with Crippen LogP contribution in [0.1, 0.15) is 104 Å². The molecule has 0 spiro atoms. The molecule has 9 atom stereocenters. The Bertz CT molecular complexity index is 1080. The summed E-state index contributed by atoms with van der Waals surface area (Å²) in [4.78, 5) is 0. The molecule has 194 valence electrons. The van der Waals surface area contributed by atoms with E-state index in [0.717, 1.165) is 57.1 Å². The quantitative estimate of drug-likeness (QED) is 0.466. The lowest BCUT2D eigenvalue weighted by atomic mass is 9.33. The van der Waals surface area contributed by atoms with Crippen LogP contribution >= 0.6 is 0 Å². The summed E-state index contributed by atoms with van der Waals surface area (Å²) in [7, 11) is 0. The van der Waals surface area contributed by atoms with Crippen molar-refractivity contribution in [2.24, 2.45) is 38.9 Å². The van der Waals surface area contributed by atoms with Crippen LogP contribution in [0.25, 0.3) is 0 Å². The molecule has 1 aromatic heterocycles. The molecule has 5 nitrogen and oxygen atoms in total. The average molecular weight is 484 g/mol. The first-order chi connectivity index (χ1) is 16.3. The van der Waals surface area contributed by atoms with E-state index in [1.165, 1.54) is 11.1 Å². The van der Waals surface area contributed by atoms with E-state index in [2.05, 4.69) is 52.8 Å². The molecule has 35 heavy (non-hydrogen) atoms. The van der Waals surface area contributed by atoms with Gasteiger partial charge >= 0.3 is 0 Å². The number of allylic oxidation sites excluding steroid dienone is 1. The number of aromatic nitrogens is 1. The summed E-state index contributed by atoms with van der Waals surface area (Å²) in [5.74, 6) is 1.63. The first-order valence-corrected chi connectivity index (χ1v) is 14.0. The number of nitrogens with zero attached hydrogens (tertiary/aromatic N) is 1. The largest absolute Gasteiger partial charge is 0.396 e. The first-order valence-electron chi connectivity index (χ1n) is 14.0. The van der Waals surface area contributed by atoms with Crippen LogP contribution in [0.2, 0.25) is 0 Å². The van der Waals surface area contributed by atoms with Crippen LogP contribution in [0.5, 0.6) is 0 Å². The molecule has 0 bridgehead atoms. The Morgan fingerprint density at radius 3 is 2.49 bits per heavy atom. The maximum atomic E-state index is 12.9. The molecule has 1 aromatic rings. The summed E-state index contributed by atoms with van der Waals surface area (Å²) in [5, 5.41) is 39.7. The van der Waals surface area contributed by atoms with Crippen LogP contribution in [0.4, 0.5) is 0 Å². The van der Waals surface area contributed by atoms with E-state index in [1.54, 1.807) is 0 Å². The van der Waals surface area contributed by atoms with E-state index in [4.69, 9.17) is 4.52 Å². The molecule has 5 aliphatic rings. The van der Waals surface area contributed by atoms with E-state index in [-0.39, 0.29) is 40.1 Å². The predicted molar refractivity (Wildman–Crippen MR) is 135 cm³/mol. The number of aliphatic hydroxyl groups excluding tert-OH is 2. The summed E-state index contributed by atoms with van der Waals surface area (Å²) in [6.45, 7) is 14.0. The Kier molecular flexibility index (Phi) is 4.85. The normalized spacial score (nSPS) is 52.3. The van der Waals surface area contributed by atoms with E-state index in [1.807, 2.05) is 6.20 Å². The van der Waals surface area contributed by atoms with Crippen molar-refractivity contribution in [3.8, 4) is 0 Å². The molecule has 5 aliphatic carbocycles. The minimum absolute atomic E-state index is 0.0923. The van der Waals surface area contributed by atoms with Gasteiger partial charge in [0, 0.05) is 23.5 Å². The smallest absolute Gasteiger partial charge is 0.143 e. The minimum atomic E-state index is -1.25. The van der Waals surface area contributed by atoms with Crippen LogP contribution in [-0.4, -0.2) is 38.8 Å². The summed E-state index contributed by atoms with van der Waals surface area (Å²) >= 11 is 0. The van der Waals surface area contributed by atoms with E-state index < -0.39 is 17.1 Å². The van der Waals surface area contributed by atoms with Crippen molar-refractivity contribution in [3.05, 3.63) is 29.2 Å². The molecular weight excluding hydrogens is 438 g/mol. The van der Waals surface area contributed by atoms with E-state index >= 15 is 0 Å². The zero-order valence-electron chi connectivity index (χ0n) is 22.5. The maximum Gasteiger partial charge on any atom is 0.143 e. The molecule has 3 N–H and O–H groups in total. The molecule has 3 saturated carbocycles. The monoisotopic (exact) mass is 483 g/mol. The van der Waals surface area contributed by atoms with Gasteiger partial charge in [-0.15, -0.1) is 0 Å². The molecular formula is C30H45NO4. The third kappa shape index (κ3) is 2.68. The number of rotatable bonds is 1. The number of fused-ring (bicyclic) bond motifs is 8. The molecule has 1 unspecified atom stereocenters. The van der Waals surface area contributed by atoms with Gasteiger partial charge in [0.1, 0.15) is 17.5 Å². The van der Waals surface area contributed by atoms with Gasteiger partial charge in [-0.1, -0.05) is 58.3 Å². The highest BCUT2D eigenvalue weighted by Gasteiger charge is 2.74. The van der Waals surface area contributed by atoms with Gasteiger partial charge in [0.2, 0.25) is 0 Å². The fraction of sp³-hybridized carbons (Fsp3) is 0.833. The topological polar surface area (TPSA) is 86.7 Å². The van der Waals surface area contributed by atoms with Crippen molar-refractivity contribution in [1.82, 2.24) is 5.16 Å². The average Bonchev–Trinajstić information content (AvgIpc) is 3.26. The van der Waals surface area contributed by atoms with E-state index in [9.17, 15) is 15.3 Å². The van der Waals surface area contributed by atoms with Crippen LogP contribution in [0, 0.1) is 38.9 Å². The van der Waals surface area contributed by atoms with Crippen LogP contribution in [0.3, 0.4) is 0 Å². The van der Waals surface area contributed by atoms with Gasteiger partial charge in [-0.2, -0.15) is 0 Å². The van der Waals surface area contributed by atoms with Crippen molar-refractivity contribution in [2.45, 2.75) is 111 Å². The molecule has 3 fully saturated rings. The molecule has 0 amide bonds. The van der Waals surface area contributed by atoms with Gasteiger partial charge in [-0.05, 0) is 84.9 Å². The fourth-order valence-electron chi connectivity index (χ4n) is 10.5. The molecule has 0 radical (unpaired) electrons. The zero-order valence-corrected chi connectivity index (χ0v) is 22.5. The van der Waals surface area contributed by atoms with Crippen LogP contribution in [-0.2, 0) is 6.42 Å². The zero-order chi connectivity index (χ0) is 25.2. The standard InChI is InChI=1S/C30H45NO4/c1-18-20-7-8-27(5)21(26(20,4)14-19-16-31-35-24(18)19)13-23(33)30(34)22-15-25(2,3)9-11-29(22,17-32)12-10-28(27,30)6/h13,16,18,20,22-23,32-34H,7-12,14-15,17H2,1-6H3/t18-,20-,22?,23+,26-,27+,28-,29+,30+/m0/s1. The van der Waals surface area contributed by atoms with Gasteiger partial charge in [0.25, 0.3) is 0 Å². The Morgan fingerprint density at radius 2 is 1.77 bits per heavy atom. The van der Waals surface area contributed by atoms with Crippen molar-refractivity contribution in [3.63, 3.8) is 0 Å². The van der Waals surface area contributed by atoms with E-state index in [0.29, 0.717) is 5.92 Å². The van der Waals surface area contributed by atoms with Crippen molar-refractivity contribution < 1.29 is 19.8 Å². The van der Waals surface area contributed by atoms with Crippen LogP contribution < -0.4 is 0 Å². The second-order valence-corrected chi connectivity index (χ2v) is 14.7. The molecule has 0 aromatic carbocycles. The SMILES string of the molecule is C[C@@H]1c2oncc2C[C@]2(C)C3=C[C@@H](O)[C@]4(O)C5CC(C)(C)CC[C@]5(CO)CC[C@@]4(C)[C@]3(C)CC[C@@H]12. The van der Waals surface area contributed by atoms with Gasteiger partial charge in [-0.25, -0.2) is 0 Å². The predicted octanol–water partition coefficient (Wildman–Crippen LogP) is 5.39. The lowest BCUT2D eigenvalue weighted by molar-refractivity contribution is -0.292. The lowest BCUT2D eigenvalue weighted by Gasteiger charge is -2.73. The Balaban J connectivity index is 1.52. The summed E-state index contributed by atoms with van der Waals surface area (Å²) < 4.78 is 5.69. The van der Waals surface area contributed by atoms with Crippen molar-refractivity contribution in [2.75, 3.05) is 6.61 Å². The highest BCUT2D eigenvalue weighted by molar-refractivity contribution is 5.43. The second-order valence-electron chi connectivity index (χ2n) is 14.7. The highest BCUT2D eigenvalue weighted by atomic mass is 16.5. The van der Waals surface area contributed by atoms with Gasteiger partial charge in [-0.3, -0.25) is 0 Å². The number of hydrogen-bond acceptors (Lipinski definition) is 5. The van der Waals surface area contributed by atoms with Gasteiger partial charge in [0.05, 0.1) is 6.20 Å². The molecule has 0 aliphatic heterocycles. The van der Waals surface area contributed by atoms with Gasteiger partial charge < -0.3 is 19.8 Å². The maximum absolute atomic E-state index is 12.9. The summed E-state index contributed by atoms with van der Waals surface area (Å²) in [5.41, 5.74) is 0.281.